The van der Waals surface area contributed by atoms with Gasteiger partial charge in [-0.2, -0.15) is 0 Å². The van der Waals surface area contributed by atoms with Gasteiger partial charge in [0.1, 0.15) is 0 Å². The highest BCUT2D eigenvalue weighted by atomic mass is 14.7. The number of rotatable bonds is 3. The number of allylic oxidation sites excluding steroid dienone is 2. The van der Waals surface area contributed by atoms with Crippen LogP contribution in [0.25, 0.3) is 0 Å². The van der Waals surface area contributed by atoms with Crippen LogP contribution in [0.1, 0.15) is 30.9 Å². The van der Waals surface area contributed by atoms with Crippen LogP contribution in [0.4, 0.5) is 0 Å². The lowest BCUT2D eigenvalue weighted by molar-refractivity contribution is 0.336. The van der Waals surface area contributed by atoms with Crippen LogP contribution in [0.3, 0.4) is 0 Å². The fraction of sp³-hybridized carbons (Fsp3) is 0.438. The van der Waals surface area contributed by atoms with Gasteiger partial charge in [0.25, 0.3) is 0 Å². The second-order valence-corrected chi connectivity index (χ2v) is 5.47. The summed E-state index contributed by atoms with van der Waals surface area (Å²) in [6, 6.07) is 8.55. The Hall–Kier alpha value is -1.41. The van der Waals surface area contributed by atoms with E-state index in [2.05, 4.69) is 55.9 Å². The molecule has 0 bridgehead atoms. The SMILES string of the molecule is C=NC1=CC(C)CC(CN)(c2ccccc2C)C1. The van der Waals surface area contributed by atoms with Crippen molar-refractivity contribution in [2.45, 2.75) is 32.1 Å². The smallest absolute Gasteiger partial charge is 0.0368 e. The molecule has 0 saturated heterocycles. The first kappa shape index (κ1) is 13.0. The predicted octanol–water partition coefficient (Wildman–Crippen LogP) is 3.21. The third-order valence-electron chi connectivity index (χ3n) is 4.02. The van der Waals surface area contributed by atoms with Gasteiger partial charge in [0, 0.05) is 24.1 Å². The lowest BCUT2D eigenvalue weighted by Crippen LogP contribution is -2.39. The van der Waals surface area contributed by atoms with E-state index in [4.69, 9.17) is 5.73 Å². The van der Waals surface area contributed by atoms with Crippen LogP contribution in [0, 0.1) is 12.8 Å². The van der Waals surface area contributed by atoms with E-state index in [1.165, 1.54) is 11.1 Å². The van der Waals surface area contributed by atoms with Gasteiger partial charge in [-0.05, 0) is 37.1 Å². The summed E-state index contributed by atoms with van der Waals surface area (Å²) >= 11 is 0. The van der Waals surface area contributed by atoms with Crippen LogP contribution in [-0.4, -0.2) is 13.3 Å². The topological polar surface area (TPSA) is 38.4 Å². The first-order valence-electron chi connectivity index (χ1n) is 6.55. The summed E-state index contributed by atoms with van der Waals surface area (Å²) < 4.78 is 0. The van der Waals surface area contributed by atoms with Crippen LogP contribution < -0.4 is 5.73 Å². The molecular formula is C16H22N2. The highest BCUT2D eigenvalue weighted by Crippen LogP contribution is 2.42. The second-order valence-electron chi connectivity index (χ2n) is 5.47. The van der Waals surface area contributed by atoms with Crippen LogP contribution in [0.2, 0.25) is 0 Å². The minimum Gasteiger partial charge on any atom is -0.330 e. The zero-order valence-electron chi connectivity index (χ0n) is 11.3. The molecule has 2 atom stereocenters. The molecule has 0 amide bonds. The molecule has 18 heavy (non-hydrogen) atoms. The molecule has 96 valence electrons. The third-order valence-corrected chi connectivity index (χ3v) is 4.02. The first-order chi connectivity index (χ1) is 8.61. The number of nitrogens with zero attached hydrogens (tertiary/aromatic N) is 1. The Morgan fingerprint density at radius 2 is 2.17 bits per heavy atom. The van der Waals surface area contributed by atoms with Crippen LogP contribution in [0.5, 0.6) is 0 Å². The lowest BCUT2D eigenvalue weighted by Gasteiger charge is -2.39. The minimum absolute atomic E-state index is 0.0238. The molecule has 0 heterocycles. The van der Waals surface area contributed by atoms with Crippen LogP contribution in [-0.2, 0) is 5.41 Å². The summed E-state index contributed by atoms with van der Waals surface area (Å²) in [5, 5.41) is 0. The van der Waals surface area contributed by atoms with Crippen molar-refractivity contribution in [1.82, 2.24) is 0 Å². The maximum atomic E-state index is 6.13. The highest BCUT2D eigenvalue weighted by molar-refractivity contribution is 5.39. The van der Waals surface area contributed by atoms with Gasteiger partial charge in [0.15, 0.2) is 0 Å². The van der Waals surface area contributed by atoms with Crippen molar-refractivity contribution in [2.75, 3.05) is 6.54 Å². The fourth-order valence-corrected chi connectivity index (χ4v) is 3.23. The van der Waals surface area contributed by atoms with E-state index >= 15 is 0 Å². The van der Waals surface area contributed by atoms with Crippen molar-refractivity contribution in [3.05, 3.63) is 47.2 Å². The fourth-order valence-electron chi connectivity index (χ4n) is 3.23. The molecule has 2 N–H and O–H groups in total. The molecule has 0 saturated carbocycles. The zero-order valence-corrected chi connectivity index (χ0v) is 11.3. The monoisotopic (exact) mass is 242 g/mol. The van der Waals surface area contributed by atoms with Gasteiger partial charge in [0.05, 0.1) is 0 Å². The number of aliphatic imine (C=N–C) groups is 1. The van der Waals surface area contributed by atoms with E-state index in [0.29, 0.717) is 12.5 Å². The molecule has 1 aromatic rings. The molecule has 2 nitrogen and oxygen atoms in total. The predicted molar refractivity (Wildman–Crippen MR) is 77.9 cm³/mol. The largest absolute Gasteiger partial charge is 0.330 e. The number of nitrogens with two attached hydrogens (primary N) is 1. The summed E-state index contributed by atoms with van der Waals surface area (Å²) in [5.74, 6) is 0.502. The Morgan fingerprint density at radius 1 is 1.44 bits per heavy atom. The molecule has 0 fully saturated rings. The van der Waals surface area contributed by atoms with E-state index in [1.54, 1.807) is 0 Å². The van der Waals surface area contributed by atoms with Gasteiger partial charge in [-0.3, -0.25) is 4.99 Å². The van der Waals surface area contributed by atoms with Crippen LogP contribution in [0.15, 0.2) is 41.0 Å². The molecule has 1 aromatic carbocycles. The molecule has 0 aromatic heterocycles. The van der Waals surface area contributed by atoms with E-state index in [0.717, 1.165) is 18.5 Å². The summed E-state index contributed by atoms with van der Waals surface area (Å²) in [6.45, 7) is 8.73. The van der Waals surface area contributed by atoms with Gasteiger partial charge in [0.2, 0.25) is 0 Å². The van der Waals surface area contributed by atoms with Gasteiger partial charge >= 0.3 is 0 Å². The number of aryl methyl sites for hydroxylation is 1. The summed E-state index contributed by atoms with van der Waals surface area (Å²) in [7, 11) is 0. The molecule has 2 unspecified atom stereocenters. The Labute approximate surface area is 110 Å². The maximum Gasteiger partial charge on any atom is 0.0368 e. The normalized spacial score (nSPS) is 27.7. The Bertz CT molecular complexity index is 476. The van der Waals surface area contributed by atoms with Gasteiger partial charge in [-0.1, -0.05) is 37.3 Å². The molecule has 1 aliphatic carbocycles. The molecule has 0 aliphatic heterocycles. The average Bonchev–Trinajstić information content (AvgIpc) is 2.38. The van der Waals surface area contributed by atoms with Crippen molar-refractivity contribution >= 4 is 6.72 Å². The van der Waals surface area contributed by atoms with Crippen molar-refractivity contribution < 1.29 is 0 Å². The minimum atomic E-state index is 0.0238. The Kier molecular flexibility index (Phi) is 3.67. The van der Waals surface area contributed by atoms with Gasteiger partial charge in [-0.15, -0.1) is 0 Å². The zero-order chi connectivity index (χ0) is 13.2. The Balaban J connectivity index is 2.47. The van der Waals surface area contributed by atoms with Crippen molar-refractivity contribution in [2.24, 2.45) is 16.6 Å². The van der Waals surface area contributed by atoms with E-state index in [-0.39, 0.29) is 5.41 Å². The van der Waals surface area contributed by atoms with E-state index in [1.807, 2.05) is 0 Å². The van der Waals surface area contributed by atoms with Crippen molar-refractivity contribution in [3.63, 3.8) is 0 Å². The third kappa shape index (κ3) is 2.25. The molecular weight excluding hydrogens is 220 g/mol. The summed E-state index contributed by atoms with van der Waals surface area (Å²) in [4.78, 5) is 4.15. The maximum absolute atomic E-state index is 6.13. The number of benzene rings is 1. The van der Waals surface area contributed by atoms with Crippen LogP contribution >= 0.6 is 0 Å². The lowest BCUT2D eigenvalue weighted by atomic mass is 9.67. The first-order valence-corrected chi connectivity index (χ1v) is 6.55. The molecule has 1 aliphatic rings. The van der Waals surface area contributed by atoms with Crippen molar-refractivity contribution in [3.8, 4) is 0 Å². The average molecular weight is 242 g/mol. The second kappa shape index (κ2) is 5.07. The Morgan fingerprint density at radius 3 is 2.78 bits per heavy atom. The van der Waals surface area contributed by atoms with E-state index in [9.17, 15) is 0 Å². The van der Waals surface area contributed by atoms with E-state index < -0.39 is 0 Å². The molecule has 0 spiro atoms. The highest BCUT2D eigenvalue weighted by Gasteiger charge is 2.36. The number of hydrogen-bond acceptors (Lipinski definition) is 2. The molecule has 2 rings (SSSR count). The van der Waals surface area contributed by atoms with Gasteiger partial charge in [-0.25, -0.2) is 0 Å². The molecule has 0 radical (unpaired) electrons. The number of hydrogen-bond donors (Lipinski definition) is 1. The van der Waals surface area contributed by atoms with Crippen molar-refractivity contribution in [1.29, 1.82) is 0 Å². The summed E-state index contributed by atoms with van der Waals surface area (Å²) in [5.41, 5.74) is 9.93. The molecule has 2 heteroatoms. The standard InChI is InChI=1S/C16H22N2/c1-12-8-14(18-3)10-16(9-12,11-17)15-7-5-4-6-13(15)2/h4-8,12H,3,9-11,17H2,1-2H3. The quantitative estimate of drug-likeness (QED) is 0.812. The summed E-state index contributed by atoms with van der Waals surface area (Å²) in [6.07, 6.45) is 4.22. The van der Waals surface area contributed by atoms with Gasteiger partial charge < -0.3 is 5.73 Å².